The van der Waals surface area contributed by atoms with Crippen LogP contribution in [0.25, 0.3) is 0 Å². The Morgan fingerprint density at radius 1 is 1.50 bits per heavy atom. The van der Waals surface area contributed by atoms with Gasteiger partial charge in [0.2, 0.25) is 0 Å². The Hall–Kier alpha value is -1.28. The van der Waals surface area contributed by atoms with E-state index in [9.17, 15) is 0 Å². The molecule has 0 unspecified atom stereocenters. The highest BCUT2D eigenvalue weighted by atomic mass is 32.2. The Kier molecular flexibility index (Phi) is 2.30. The number of nitrogen functional groups attached to an aromatic ring is 1. The van der Waals surface area contributed by atoms with E-state index in [-0.39, 0.29) is 0 Å². The number of nitriles is 1. The van der Waals surface area contributed by atoms with E-state index >= 15 is 0 Å². The third-order valence-electron chi connectivity index (χ3n) is 2.25. The van der Waals surface area contributed by atoms with Crippen LogP contribution < -0.4 is 5.73 Å². The van der Waals surface area contributed by atoms with E-state index in [1.54, 1.807) is 6.92 Å². The molecule has 0 atom stereocenters. The number of aromatic nitrogens is 2. The average molecular weight is 206 g/mol. The topological polar surface area (TPSA) is 75.6 Å². The summed E-state index contributed by atoms with van der Waals surface area (Å²) in [5, 5.41) is 8.79. The number of hydrogen-bond donors (Lipinski definition) is 1. The minimum Gasteiger partial charge on any atom is -0.382 e. The first-order chi connectivity index (χ1) is 6.72. The number of hydrogen-bond acceptors (Lipinski definition) is 5. The Morgan fingerprint density at radius 3 is 2.64 bits per heavy atom. The van der Waals surface area contributed by atoms with Crippen molar-refractivity contribution in [3.05, 3.63) is 17.1 Å². The molecule has 1 fully saturated rings. The van der Waals surface area contributed by atoms with Crippen molar-refractivity contribution in [1.82, 2.24) is 9.97 Å². The van der Waals surface area contributed by atoms with Crippen molar-refractivity contribution >= 4 is 17.6 Å². The summed E-state index contributed by atoms with van der Waals surface area (Å²) in [5.41, 5.74) is 6.76. The monoisotopic (exact) mass is 206 g/mol. The maximum absolute atomic E-state index is 8.79. The molecular weight excluding hydrogens is 196 g/mol. The van der Waals surface area contributed by atoms with Gasteiger partial charge in [-0.1, -0.05) is 0 Å². The van der Waals surface area contributed by atoms with Crippen molar-refractivity contribution in [1.29, 1.82) is 5.26 Å². The predicted molar refractivity (Wildman–Crippen MR) is 56.0 cm³/mol. The van der Waals surface area contributed by atoms with Crippen molar-refractivity contribution in [3.63, 3.8) is 0 Å². The molecule has 2 heterocycles. The fourth-order valence-electron chi connectivity index (χ4n) is 1.32. The number of thioether (sulfide) groups is 1. The molecule has 0 amide bonds. The van der Waals surface area contributed by atoms with Gasteiger partial charge in [0.15, 0.2) is 0 Å². The number of nitrogens with two attached hydrogens (primary N) is 1. The lowest BCUT2D eigenvalue weighted by molar-refractivity contribution is 0.757. The van der Waals surface area contributed by atoms with Crippen molar-refractivity contribution in [2.24, 2.45) is 0 Å². The summed E-state index contributed by atoms with van der Waals surface area (Å²) in [6.07, 6.45) is 0. The van der Waals surface area contributed by atoms with Crippen LogP contribution in [0.1, 0.15) is 23.0 Å². The SMILES string of the molecule is Cc1nc(C2CSC2)nc(N)c1C#N. The Bertz CT molecular complexity index is 383. The van der Waals surface area contributed by atoms with E-state index in [0.29, 0.717) is 23.0 Å². The molecule has 0 radical (unpaired) electrons. The van der Waals surface area contributed by atoms with Gasteiger partial charge in [-0.25, -0.2) is 9.97 Å². The van der Waals surface area contributed by atoms with Gasteiger partial charge in [-0.3, -0.25) is 0 Å². The van der Waals surface area contributed by atoms with Crippen molar-refractivity contribution in [3.8, 4) is 6.07 Å². The number of anilines is 1. The van der Waals surface area contributed by atoms with E-state index in [1.165, 1.54) is 0 Å². The number of aryl methyl sites for hydroxylation is 1. The molecule has 1 aliphatic heterocycles. The molecule has 0 bridgehead atoms. The van der Waals surface area contributed by atoms with Crippen LogP contribution >= 0.6 is 11.8 Å². The first kappa shape index (κ1) is 9.28. The fourth-order valence-corrected chi connectivity index (χ4v) is 2.09. The zero-order valence-electron chi connectivity index (χ0n) is 7.82. The highest BCUT2D eigenvalue weighted by molar-refractivity contribution is 8.00. The van der Waals surface area contributed by atoms with Gasteiger partial charge in [0, 0.05) is 17.4 Å². The van der Waals surface area contributed by atoms with Crippen LogP contribution in [-0.4, -0.2) is 21.5 Å². The van der Waals surface area contributed by atoms with Crippen LogP contribution in [0.4, 0.5) is 5.82 Å². The van der Waals surface area contributed by atoms with Gasteiger partial charge < -0.3 is 5.73 Å². The Labute approximate surface area is 86.5 Å². The molecule has 1 aliphatic rings. The lowest BCUT2D eigenvalue weighted by Crippen LogP contribution is -2.20. The van der Waals surface area contributed by atoms with Crippen molar-refractivity contribution < 1.29 is 0 Å². The third-order valence-corrected chi connectivity index (χ3v) is 3.53. The highest BCUT2D eigenvalue weighted by Crippen LogP contribution is 2.32. The molecule has 1 aromatic rings. The van der Waals surface area contributed by atoms with Gasteiger partial charge in [0.05, 0.1) is 5.69 Å². The second kappa shape index (κ2) is 3.46. The minimum absolute atomic E-state index is 0.312. The molecule has 0 aliphatic carbocycles. The Balaban J connectivity index is 2.41. The maximum Gasteiger partial charge on any atom is 0.145 e. The summed E-state index contributed by atoms with van der Waals surface area (Å²) in [7, 11) is 0. The molecule has 1 saturated heterocycles. The summed E-state index contributed by atoms with van der Waals surface area (Å²) >= 11 is 1.88. The van der Waals surface area contributed by atoms with Gasteiger partial charge in [-0.05, 0) is 6.92 Å². The standard InChI is InChI=1S/C9H10N4S/c1-5-7(2-10)8(11)13-9(12-5)6-3-14-4-6/h6H,3-4H2,1H3,(H2,11,12,13). The summed E-state index contributed by atoms with van der Waals surface area (Å²) in [5.74, 6) is 3.65. The molecule has 0 aromatic carbocycles. The van der Waals surface area contributed by atoms with Crippen LogP contribution in [0.2, 0.25) is 0 Å². The Morgan fingerprint density at radius 2 is 2.21 bits per heavy atom. The zero-order chi connectivity index (χ0) is 10.1. The van der Waals surface area contributed by atoms with Crippen LogP contribution in [-0.2, 0) is 0 Å². The molecule has 0 saturated carbocycles. The smallest absolute Gasteiger partial charge is 0.145 e. The molecule has 5 heteroatoms. The van der Waals surface area contributed by atoms with E-state index < -0.39 is 0 Å². The highest BCUT2D eigenvalue weighted by Gasteiger charge is 2.24. The molecule has 1 aromatic heterocycles. The minimum atomic E-state index is 0.312. The molecule has 14 heavy (non-hydrogen) atoms. The van der Waals surface area contributed by atoms with Crippen LogP contribution in [0.3, 0.4) is 0 Å². The first-order valence-corrected chi connectivity index (χ1v) is 5.49. The van der Waals surface area contributed by atoms with Gasteiger partial charge in [0.1, 0.15) is 23.3 Å². The van der Waals surface area contributed by atoms with Gasteiger partial charge in [0.25, 0.3) is 0 Å². The molecule has 4 nitrogen and oxygen atoms in total. The zero-order valence-corrected chi connectivity index (χ0v) is 8.64. The van der Waals surface area contributed by atoms with Crippen molar-refractivity contribution in [2.45, 2.75) is 12.8 Å². The van der Waals surface area contributed by atoms with Crippen LogP contribution in [0, 0.1) is 18.3 Å². The number of nitrogens with zero attached hydrogens (tertiary/aromatic N) is 3. The lowest BCUT2D eigenvalue weighted by atomic mass is 10.1. The normalized spacial score (nSPS) is 16.0. The number of rotatable bonds is 1. The largest absolute Gasteiger partial charge is 0.382 e. The fraction of sp³-hybridized carbons (Fsp3) is 0.444. The van der Waals surface area contributed by atoms with E-state index in [2.05, 4.69) is 9.97 Å². The average Bonchev–Trinajstić information content (AvgIpc) is 2.00. The molecule has 0 spiro atoms. The first-order valence-electron chi connectivity index (χ1n) is 4.34. The van der Waals surface area contributed by atoms with Crippen molar-refractivity contribution in [2.75, 3.05) is 17.2 Å². The van der Waals surface area contributed by atoms with Gasteiger partial charge in [-0.2, -0.15) is 17.0 Å². The van der Waals surface area contributed by atoms with E-state index in [0.717, 1.165) is 17.3 Å². The van der Waals surface area contributed by atoms with Gasteiger partial charge >= 0.3 is 0 Å². The summed E-state index contributed by atoms with van der Waals surface area (Å²) < 4.78 is 0. The molecule has 2 N–H and O–H groups in total. The quantitative estimate of drug-likeness (QED) is 0.743. The van der Waals surface area contributed by atoms with Crippen LogP contribution in [0.15, 0.2) is 0 Å². The summed E-state index contributed by atoms with van der Waals surface area (Å²) in [6, 6.07) is 2.01. The molecular formula is C9H10N4S. The lowest BCUT2D eigenvalue weighted by Gasteiger charge is -2.23. The van der Waals surface area contributed by atoms with Crippen LogP contribution in [0.5, 0.6) is 0 Å². The second-order valence-electron chi connectivity index (χ2n) is 3.27. The van der Waals surface area contributed by atoms with E-state index in [4.69, 9.17) is 11.0 Å². The summed E-state index contributed by atoms with van der Waals surface area (Å²) in [6.45, 7) is 1.80. The van der Waals surface area contributed by atoms with Gasteiger partial charge in [-0.15, -0.1) is 0 Å². The molecule has 2 rings (SSSR count). The molecule has 72 valence electrons. The second-order valence-corrected chi connectivity index (χ2v) is 4.35. The predicted octanol–water partition coefficient (Wildman–Crippen LogP) is 1.07. The third kappa shape index (κ3) is 1.42. The van der Waals surface area contributed by atoms with E-state index in [1.807, 2.05) is 17.8 Å². The summed E-state index contributed by atoms with van der Waals surface area (Å²) in [4.78, 5) is 8.46. The maximum atomic E-state index is 8.79.